The van der Waals surface area contributed by atoms with Gasteiger partial charge in [-0.2, -0.15) is 0 Å². The van der Waals surface area contributed by atoms with Gasteiger partial charge < -0.3 is 14.5 Å². The topological polar surface area (TPSA) is 68.5 Å². The van der Waals surface area contributed by atoms with E-state index in [2.05, 4.69) is 5.32 Å². The summed E-state index contributed by atoms with van der Waals surface area (Å²) in [5.74, 6) is -0.279. The number of benzene rings is 1. The number of aryl methyl sites for hydroxylation is 1. The number of nitrogens with one attached hydrogen (secondary N) is 1. The van der Waals surface area contributed by atoms with Gasteiger partial charge in [0.15, 0.2) is 0 Å². The van der Waals surface area contributed by atoms with E-state index in [4.69, 9.17) is 9.15 Å². The molecule has 1 N–H and O–H groups in total. The van der Waals surface area contributed by atoms with Crippen LogP contribution in [-0.2, 0) is 4.74 Å². The van der Waals surface area contributed by atoms with Crippen LogP contribution in [0.4, 0.5) is 0 Å². The first kappa shape index (κ1) is 17.2. The lowest BCUT2D eigenvalue weighted by molar-refractivity contribution is 0.0491. The Hall–Kier alpha value is -2.14. The summed E-state index contributed by atoms with van der Waals surface area (Å²) in [5.41, 5.74) is 1.83. The monoisotopic (exact) mass is 317 g/mol. The van der Waals surface area contributed by atoms with Gasteiger partial charge >= 0.3 is 5.97 Å². The second-order valence-electron chi connectivity index (χ2n) is 5.57. The number of hydrogen-bond acceptors (Lipinski definition) is 5. The average Bonchev–Trinajstić information content (AvgIpc) is 2.84. The van der Waals surface area contributed by atoms with Crippen molar-refractivity contribution in [1.29, 1.82) is 0 Å². The van der Waals surface area contributed by atoms with E-state index in [1.165, 1.54) is 19.3 Å². The van der Waals surface area contributed by atoms with Gasteiger partial charge in [-0.15, -0.1) is 0 Å². The van der Waals surface area contributed by atoms with Crippen molar-refractivity contribution in [3.05, 3.63) is 35.1 Å². The van der Waals surface area contributed by atoms with Crippen molar-refractivity contribution in [2.24, 2.45) is 0 Å². The average molecular weight is 317 g/mol. The Morgan fingerprint density at radius 2 is 2.17 bits per heavy atom. The Balaban J connectivity index is 0.000000268. The van der Waals surface area contributed by atoms with E-state index in [-0.39, 0.29) is 5.76 Å². The second kappa shape index (κ2) is 7.92. The van der Waals surface area contributed by atoms with Gasteiger partial charge in [0.2, 0.25) is 5.76 Å². The number of fused-ring (bicyclic) bond motifs is 1. The molecule has 1 aromatic heterocycles. The van der Waals surface area contributed by atoms with E-state index < -0.39 is 5.97 Å². The molecule has 1 aromatic carbocycles. The lowest BCUT2D eigenvalue weighted by Crippen LogP contribution is -2.31. The molecule has 0 bridgehead atoms. The smallest absolute Gasteiger partial charge is 0.374 e. The number of carbonyl (C=O) groups is 2. The molecule has 1 fully saturated rings. The van der Waals surface area contributed by atoms with E-state index in [9.17, 15) is 9.59 Å². The Morgan fingerprint density at radius 1 is 1.43 bits per heavy atom. The fourth-order valence-electron chi connectivity index (χ4n) is 2.40. The zero-order valence-electron chi connectivity index (χ0n) is 13.8. The van der Waals surface area contributed by atoms with Crippen LogP contribution in [-0.4, -0.2) is 32.0 Å². The summed E-state index contributed by atoms with van der Waals surface area (Å²) >= 11 is 0. The summed E-state index contributed by atoms with van der Waals surface area (Å²) in [5, 5.41) is 3.96. The minimum Gasteiger partial charge on any atom is -0.460 e. The lowest BCUT2D eigenvalue weighted by Gasteiger charge is -2.23. The number of aldehydes is 1. The van der Waals surface area contributed by atoms with Crippen LogP contribution in [0.25, 0.3) is 11.0 Å². The molecule has 0 aliphatic heterocycles. The summed E-state index contributed by atoms with van der Waals surface area (Å²) in [6.07, 6.45) is 4.99. The van der Waals surface area contributed by atoms with Gasteiger partial charge in [-0.3, -0.25) is 4.79 Å². The summed E-state index contributed by atoms with van der Waals surface area (Å²) in [6, 6.07) is 5.89. The van der Waals surface area contributed by atoms with Crippen molar-refractivity contribution >= 4 is 23.2 Å². The van der Waals surface area contributed by atoms with Crippen LogP contribution < -0.4 is 5.32 Å². The molecule has 23 heavy (non-hydrogen) atoms. The number of esters is 1. The molecule has 1 aliphatic carbocycles. The Morgan fingerprint density at radius 3 is 2.65 bits per heavy atom. The van der Waals surface area contributed by atoms with Gasteiger partial charge in [0.25, 0.3) is 0 Å². The van der Waals surface area contributed by atoms with E-state index in [0.29, 0.717) is 23.3 Å². The molecule has 5 nitrogen and oxygen atoms in total. The van der Waals surface area contributed by atoms with Crippen molar-refractivity contribution in [3.8, 4) is 0 Å². The molecular weight excluding hydrogens is 294 g/mol. The van der Waals surface area contributed by atoms with Crippen molar-refractivity contribution in [1.82, 2.24) is 5.32 Å². The number of ether oxygens (including phenoxy) is 1. The van der Waals surface area contributed by atoms with Crippen LogP contribution in [0.1, 0.15) is 52.7 Å². The van der Waals surface area contributed by atoms with Gasteiger partial charge in [-0.25, -0.2) is 4.79 Å². The van der Waals surface area contributed by atoms with E-state index in [0.717, 1.165) is 17.7 Å². The van der Waals surface area contributed by atoms with Crippen LogP contribution in [0.3, 0.4) is 0 Å². The van der Waals surface area contributed by atoms with Gasteiger partial charge in [-0.05, 0) is 51.9 Å². The quantitative estimate of drug-likeness (QED) is 0.690. The largest absolute Gasteiger partial charge is 0.460 e. The minimum absolute atomic E-state index is 0.199. The third kappa shape index (κ3) is 3.99. The molecule has 5 heteroatoms. The second-order valence-corrected chi connectivity index (χ2v) is 5.57. The molecule has 0 unspecified atom stereocenters. The predicted molar refractivity (Wildman–Crippen MR) is 89.0 cm³/mol. The van der Waals surface area contributed by atoms with Crippen LogP contribution >= 0.6 is 0 Å². The van der Waals surface area contributed by atoms with Gasteiger partial charge in [0.1, 0.15) is 11.9 Å². The van der Waals surface area contributed by atoms with Crippen LogP contribution in [0.5, 0.6) is 0 Å². The summed E-state index contributed by atoms with van der Waals surface area (Å²) in [4.78, 5) is 22.3. The molecule has 1 aliphatic rings. The predicted octanol–water partition coefficient (Wildman–Crippen LogP) is 3.49. The molecule has 0 atom stereocenters. The fraction of sp³-hybridized carbons (Fsp3) is 0.444. The van der Waals surface area contributed by atoms with Gasteiger partial charge in [0.05, 0.1) is 6.61 Å². The molecule has 0 saturated heterocycles. The summed E-state index contributed by atoms with van der Waals surface area (Å²) in [6.45, 7) is 3.81. The molecular formula is C18H23NO4. The first-order valence-electron chi connectivity index (χ1n) is 7.93. The SMILES string of the molecule is CCOC(=O)c1oc2ccc(C=O)cc2c1C.CNC1CCC1. The van der Waals surface area contributed by atoms with E-state index in [1.807, 2.05) is 7.05 Å². The number of furan rings is 1. The molecule has 1 saturated carbocycles. The maximum absolute atomic E-state index is 11.6. The first-order valence-corrected chi connectivity index (χ1v) is 7.93. The Labute approximate surface area is 136 Å². The molecule has 3 rings (SSSR count). The number of hydrogen-bond donors (Lipinski definition) is 1. The normalized spacial score (nSPS) is 13.9. The lowest BCUT2D eigenvalue weighted by atomic mass is 9.94. The van der Waals surface area contributed by atoms with Crippen LogP contribution in [0, 0.1) is 6.92 Å². The highest BCUT2D eigenvalue weighted by molar-refractivity contribution is 5.97. The third-order valence-electron chi connectivity index (χ3n) is 4.07. The molecule has 0 radical (unpaired) electrons. The maximum atomic E-state index is 11.6. The van der Waals surface area contributed by atoms with Gasteiger partial charge in [0, 0.05) is 22.6 Å². The Kier molecular flexibility index (Phi) is 5.93. The standard InChI is InChI=1S/C13H12O4.C5H11N/c1-3-16-13(15)12-8(2)10-6-9(7-14)4-5-11(10)17-12;1-6-5-3-2-4-5/h4-7H,3H2,1-2H3;5-6H,2-4H2,1H3. The highest BCUT2D eigenvalue weighted by Gasteiger charge is 2.18. The minimum atomic E-state index is -0.478. The first-order chi connectivity index (χ1) is 11.1. The van der Waals surface area contributed by atoms with Crippen molar-refractivity contribution in [2.75, 3.05) is 13.7 Å². The zero-order chi connectivity index (χ0) is 16.8. The fourth-order valence-corrected chi connectivity index (χ4v) is 2.40. The zero-order valence-corrected chi connectivity index (χ0v) is 13.8. The van der Waals surface area contributed by atoms with E-state index in [1.54, 1.807) is 32.0 Å². The molecule has 1 heterocycles. The number of carbonyl (C=O) groups excluding carboxylic acids is 2. The Bertz CT molecular complexity index is 683. The van der Waals surface area contributed by atoms with Gasteiger partial charge in [-0.1, -0.05) is 6.42 Å². The van der Waals surface area contributed by atoms with Crippen LogP contribution in [0.2, 0.25) is 0 Å². The van der Waals surface area contributed by atoms with E-state index >= 15 is 0 Å². The highest BCUT2D eigenvalue weighted by atomic mass is 16.5. The molecule has 0 spiro atoms. The third-order valence-corrected chi connectivity index (χ3v) is 4.07. The molecule has 0 amide bonds. The van der Waals surface area contributed by atoms with Crippen molar-refractivity contribution in [2.45, 2.75) is 39.2 Å². The molecule has 124 valence electrons. The summed E-state index contributed by atoms with van der Waals surface area (Å²) < 4.78 is 10.3. The highest BCUT2D eigenvalue weighted by Crippen LogP contribution is 2.26. The summed E-state index contributed by atoms with van der Waals surface area (Å²) in [7, 11) is 2.03. The maximum Gasteiger partial charge on any atom is 0.374 e. The van der Waals surface area contributed by atoms with Crippen molar-refractivity contribution in [3.63, 3.8) is 0 Å². The number of rotatable bonds is 4. The van der Waals surface area contributed by atoms with Crippen molar-refractivity contribution < 1.29 is 18.7 Å². The van der Waals surface area contributed by atoms with Crippen LogP contribution in [0.15, 0.2) is 22.6 Å². The molecule has 2 aromatic rings.